The summed E-state index contributed by atoms with van der Waals surface area (Å²) in [5, 5.41) is 2.25. The first-order valence-corrected chi connectivity index (χ1v) is 18.5. The molecule has 52 heavy (non-hydrogen) atoms. The molecule has 5 aromatic rings. The standard InChI is InChI=1S/C42H48N6O4/c1-24-14-19-34(47(24)39(49)51-41(2,3)4)37-44-23-33(46-37)31-13-9-11-29-28(10-8-12-30(29)31)25-15-17-26(18-16-25)32-22-43-38(45-32)36-21-27-20-35(27)48(36)40(50)52-42(5,6)7/h8-13,15-18,22-24,27,34-36H,14,19-21H2,1-7H3,(H,43,45)(H,44,46)/t24?,27-,34+,35?,36+/m1/s1. The van der Waals surface area contributed by atoms with E-state index < -0.39 is 11.2 Å². The highest BCUT2D eigenvalue weighted by Crippen LogP contribution is 2.53. The highest BCUT2D eigenvalue weighted by atomic mass is 16.6. The number of imidazole rings is 2. The van der Waals surface area contributed by atoms with Crippen LogP contribution in [0.2, 0.25) is 0 Å². The number of amides is 2. The number of rotatable bonds is 5. The number of nitrogens with one attached hydrogen (secondary N) is 2. The maximum atomic E-state index is 13.2. The van der Waals surface area contributed by atoms with Crippen molar-refractivity contribution in [3.63, 3.8) is 0 Å². The first-order valence-electron chi connectivity index (χ1n) is 18.5. The number of carbonyl (C=O) groups excluding carboxylic acids is 2. The van der Waals surface area contributed by atoms with Gasteiger partial charge < -0.3 is 19.4 Å². The molecule has 3 fully saturated rings. The quantitative estimate of drug-likeness (QED) is 0.189. The molecule has 2 aliphatic heterocycles. The Bertz CT molecular complexity index is 2140. The molecule has 2 unspecified atom stereocenters. The Hall–Kier alpha value is -5.12. The topological polar surface area (TPSA) is 116 Å². The van der Waals surface area contributed by atoms with Gasteiger partial charge in [0.05, 0.1) is 35.9 Å². The second kappa shape index (κ2) is 12.5. The molecule has 4 heterocycles. The van der Waals surface area contributed by atoms with Crippen LogP contribution in [-0.4, -0.2) is 65.2 Å². The molecule has 0 radical (unpaired) electrons. The van der Waals surface area contributed by atoms with Crippen LogP contribution in [0.5, 0.6) is 0 Å². The summed E-state index contributed by atoms with van der Waals surface area (Å²) in [5.74, 6) is 2.10. The molecule has 1 saturated carbocycles. The minimum Gasteiger partial charge on any atom is -0.444 e. The Balaban J connectivity index is 1.03. The second-order valence-electron chi connectivity index (χ2n) is 16.7. The van der Waals surface area contributed by atoms with Crippen molar-refractivity contribution in [3.05, 3.63) is 84.7 Å². The third kappa shape index (κ3) is 6.44. The van der Waals surface area contributed by atoms with Gasteiger partial charge in [-0.1, -0.05) is 60.7 Å². The molecule has 8 rings (SSSR count). The number of aromatic nitrogens is 4. The number of benzene rings is 3. The van der Waals surface area contributed by atoms with Gasteiger partial charge in [-0.15, -0.1) is 0 Å². The van der Waals surface area contributed by atoms with Crippen LogP contribution in [-0.2, 0) is 9.47 Å². The van der Waals surface area contributed by atoms with Gasteiger partial charge in [-0.2, -0.15) is 0 Å². The van der Waals surface area contributed by atoms with E-state index in [0.29, 0.717) is 5.92 Å². The molecule has 2 saturated heterocycles. The van der Waals surface area contributed by atoms with Gasteiger partial charge in [0.15, 0.2) is 0 Å². The van der Waals surface area contributed by atoms with Gasteiger partial charge in [0.25, 0.3) is 0 Å². The van der Waals surface area contributed by atoms with Crippen molar-refractivity contribution >= 4 is 23.0 Å². The van der Waals surface area contributed by atoms with Crippen LogP contribution >= 0.6 is 0 Å². The van der Waals surface area contributed by atoms with Gasteiger partial charge in [-0.05, 0) is 108 Å². The Morgan fingerprint density at radius 2 is 1.23 bits per heavy atom. The number of nitrogens with zero attached hydrogens (tertiary/aromatic N) is 4. The van der Waals surface area contributed by atoms with E-state index in [2.05, 4.69) is 77.6 Å². The summed E-state index contributed by atoms with van der Waals surface area (Å²) >= 11 is 0. The average Bonchev–Trinajstić information content (AvgIpc) is 3.57. The van der Waals surface area contributed by atoms with Crippen molar-refractivity contribution in [2.24, 2.45) is 5.92 Å². The highest BCUT2D eigenvalue weighted by molar-refractivity contribution is 6.04. The van der Waals surface area contributed by atoms with E-state index in [9.17, 15) is 9.59 Å². The zero-order valence-electron chi connectivity index (χ0n) is 31.1. The summed E-state index contributed by atoms with van der Waals surface area (Å²) in [4.78, 5) is 46.6. The summed E-state index contributed by atoms with van der Waals surface area (Å²) in [6, 6.07) is 21.3. The lowest BCUT2D eigenvalue weighted by atomic mass is 9.94. The summed E-state index contributed by atoms with van der Waals surface area (Å²) in [6.45, 7) is 13.5. The number of ether oxygens (including phenoxy) is 2. The van der Waals surface area contributed by atoms with Crippen LogP contribution in [0.3, 0.4) is 0 Å². The SMILES string of the molecule is CC1CC[C@@H](c2ncc(-c3cccc4c(-c5ccc(-c6cnc([C@@H]7C[C@H]8CC8N7C(=O)OC(C)(C)C)[nH]6)cc5)cccc34)[nH]2)N1C(=O)OC(C)(C)C. The predicted molar refractivity (Wildman–Crippen MR) is 201 cm³/mol. The molecule has 5 atom stereocenters. The summed E-state index contributed by atoms with van der Waals surface area (Å²) in [5.41, 5.74) is 5.05. The van der Waals surface area contributed by atoms with E-state index in [0.717, 1.165) is 81.7 Å². The Kier molecular flexibility index (Phi) is 8.19. The van der Waals surface area contributed by atoms with Crippen LogP contribution in [0.15, 0.2) is 73.1 Å². The van der Waals surface area contributed by atoms with Gasteiger partial charge in [0.1, 0.15) is 22.9 Å². The molecule has 2 aromatic heterocycles. The lowest BCUT2D eigenvalue weighted by molar-refractivity contribution is 0.0147. The summed E-state index contributed by atoms with van der Waals surface area (Å²) < 4.78 is 11.5. The monoisotopic (exact) mass is 700 g/mol. The molecule has 2 N–H and O–H groups in total. The van der Waals surface area contributed by atoms with Crippen LogP contribution < -0.4 is 0 Å². The van der Waals surface area contributed by atoms with Crippen molar-refractivity contribution < 1.29 is 19.1 Å². The minimum absolute atomic E-state index is 0.0718. The van der Waals surface area contributed by atoms with Crippen molar-refractivity contribution in [2.45, 2.75) is 110 Å². The van der Waals surface area contributed by atoms with E-state index in [1.807, 2.05) is 63.7 Å². The van der Waals surface area contributed by atoms with Gasteiger partial charge in [0, 0.05) is 17.6 Å². The van der Waals surface area contributed by atoms with Crippen molar-refractivity contribution in [1.29, 1.82) is 0 Å². The van der Waals surface area contributed by atoms with E-state index >= 15 is 0 Å². The van der Waals surface area contributed by atoms with Crippen LogP contribution in [0.4, 0.5) is 9.59 Å². The Morgan fingerprint density at radius 3 is 1.90 bits per heavy atom. The molecule has 10 nitrogen and oxygen atoms in total. The first-order chi connectivity index (χ1) is 24.7. The zero-order chi connectivity index (χ0) is 36.5. The number of hydrogen-bond donors (Lipinski definition) is 2. The molecule has 0 spiro atoms. The van der Waals surface area contributed by atoms with Crippen molar-refractivity contribution in [3.8, 4) is 33.6 Å². The normalized spacial score (nSPS) is 22.9. The van der Waals surface area contributed by atoms with E-state index in [4.69, 9.17) is 19.4 Å². The third-order valence-corrected chi connectivity index (χ3v) is 10.5. The number of likely N-dealkylation sites (tertiary alicyclic amines) is 2. The minimum atomic E-state index is -0.565. The van der Waals surface area contributed by atoms with E-state index in [1.165, 1.54) is 0 Å². The van der Waals surface area contributed by atoms with Crippen LogP contribution in [0.1, 0.15) is 97.9 Å². The fraction of sp³-hybridized carbons (Fsp3) is 0.429. The lowest BCUT2D eigenvalue weighted by Gasteiger charge is -2.30. The molecular weight excluding hydrogens is 653 g/mol. The molecule has 0 bridgehead atoms. The Labute approximate surface area is 304 Å². The number of hydrogen-bond acceptors (Lipinski definition) is 6. The second-order valence-corrected chi connectivity index (χ2v) is 16.7. The Morgan fingerprint density at radius 1 is 0.673 bits per heavy atom. The maximum Gasteiger partial charge on any atom is 0.411 e. The third-order valence-electron chi connectivity index (χ3n) is 10.5. The molecule has 3 aliphatic rings. The fourth-order valence-corrected chi connectivity index (χ4v) is 8.07. The van der Waals surface area contributed by atoms with Crippen LogP contribution in [0, 0.1) is 5.92 Å². The number of fused-ring (bicyclic) bond motifs is 2. The average molecular weight is 701 g/mol. The maximum absolute atomic E-state index is 13.2. The van der Waals surface area contributed by atoms with E-state index in [-0.39, 0.29) is 36.4 Å². The molecule has 10 heteroatoms. The van der Waals surface area contributed by atoms with Gasteiger partial charge in [-0.3, -0.25) is 9.80 Å². The van der Waals surface area contributed by atoms with Gasteiger partial charge in [0.2, 0.25) is 0 Å². The highest BCUT2D eigenvalue weighted by Gasteiger charge is 2.56. The lowest BCUT2D eigenvalue weighted by Crippen LogP contribution is -2.40. The number of piperidine rings is 1. The van der Waals surface area contributed by atoms with Crippen molar-refractivity contribution in [2.75, 3.05) is 0 Å². The number of H-pyrrole nitrogens is 2. The molecule has 2 amide bonds. The van der Waals surface area contributed by atoms with Gasteiger partial charge in [-0.25, -0.2) is 19.6 Å². The van der Waals surface area contributed by atoms with E-state index in [1.54, 1.807) is 0 Å². The summed E-state index contributed by atoms with van der Waals surface area (Å²) in [7, 11) is 0. The molecule has 1 aliphatic carbocycles. The van der Waals surface area contributed by atoms with Crippen LogP contribution in [0.25, 0.3) is 44.4 Å². The van der Waals surface area contributed by atoms with Crippen molar-refractivity contribution in [1.82, 2.24) is 29.7 Å². The fourth-order valence-electron chi connectivity index (χ4n) is 8.07. The summed E-state index contributed by atoms with van der Waals surface area (Å²) in [6.07, 6.45) is 6.85. The molecule has 3 aromatic carbocycles. The zero-order valence-corrected chi connectivity index (χ0v) is 31.1. The largest absolute Gasteiger partial charge is 0.444 e. The number of carbonyl (C=O) groups is 2. The smallest absolute Gasteiger partial charge is 0.411 e. The molecular formula is C42H48N6O4. The number of aromatic amines is 2. The predicted octanol–water partition coefficient (Wildman–Crippen LogP) is 9.82. The van der Waals surface area contributed by atoms with Gasteiger partial charge >= 0.3 is 12.2 Å². The molecule has 270 valence electrons. The first kappa shape index (κ1) is 34.0.